The molecule has 0 heterocycles. The minimum atomic E-state index is -0.827. The number of nitrogens with one attached hydrogen (secondary N) is 2. The van der Waals surface area contributed by atoms with Crippen molar-refractivity contribution < 1.29 is 14.0 Å². The summed E-state index contributed by atoms with van der Waals surface area (Å²) < 4.78 is 14.4. The van der Waals surface area contributed by atoms with Gasteiger partial charge >= 0.3 is 0 Å². The lowest BCUT2D eigenvalue weighted by Gasteiger charge is -2.41. The van der Waals surface area contributed by atoms with Crippen LogP contribution in [0.3, 0.4) is 0 Å². The summed E-state index contributed by atoms with van der Waals surface area (Å²) in [6, 6.07) is 9.43. The first kappa shape index (κ1) is 20.3. The molecule has 1 aliphatic rings. The Kier molecular flexibility index (Phi) is 5.55. The predicted octanol–water partition coefficient (Wildman–Crippen LogP) is 4.36. The first-order valence-electron chi connectivity index (χ1n) is 9.35. The van der Waals surface area contributed by atoms with Crippen LogP contribution in [0.15, 0.2) is 36.4 Å². The number of halogens is 1. The minimum absolute atomic E-state index is 0.0111. The number of rotatable bonds is 5. The third-order valence-corrected chi connectivity index (χ3v) is 5.21. The van der Waals surface area contributed by atoms with Gasteiger partial charge in [-0.25, -0.2) is 9.24 Å². The quantitative estimate of drug-likeness (QED) is 0.741. The van der Waals surface area contributed by atoms with E-state index in [0.29, 0.717) is 29.9 Å². The smallest absolute Gasteiger partial charge is 0.256 e. The summed E-state index contributed by atoms with van der Waals surface area (Å²) in [6.07, 6.45) is 2.13. The summed E-state index contributed by atoms with van der Waals surface area (Å²) in [7, 11) is 3.13. The van der Waals surface area contributed by atoms with Crippen LogP contribution in [-0.2, 0) is 4.79 Å². The number of aryl methyl sites for hydroxylation is 1. The summed E-state index contributed by atoms with van der Waals surface area (Å²) in [4.78, 5) is 29.7. The standard InChI is InChI=1S/C22H23FN4O2/c1-14-12-15(7-9-19(14)24-2)25-21(29)22(10-5-11-22)26-16-6-8-17(18(23)13-16)20(28)27(3)4/h6-9,12-13,26H,5,10-11H2,1,3-4H3,(H,25,29). The van der Waals surface area contributed by atoms with Crippen molar-refractivity contribution in [2.75, 3.05) is 24.7 Å². The Hall–Kier alpha value is -3.40. The highest BCUT2D eigenvalue weighted by Gasteiger charge is 2.44. The number of benzene rings is 2. The van der Waals surface area contributed by atoms with Gasteiger partial charge in [0.05, 0.1) is 12.1 Å². The first-order valence-corrected chi connectivity index (χ1v) is 9.35. The van der Waals surface area contributed by atoms with Crippen molar-refractivity contribution >= 4 is 28.9 Å². The number of amides is 2. The number of hydrogen-bond acceptors (Lipinski definition) is 3. The van der Waals surface area contributed by atoms with Crippen molar-refractivity contribution in [2.45, 2.75) is 31.7 Å². The van der Waals surface area contributed by atoms with E-state index in [9.17, 15) is 14.0 Å². The fraction of sp³-hybridized carbons (Fsp3) is 0.318. The van der Waals surface area contributed by atoms with E-state index in [1.165, 1.54) is 17.0 Å². The number of carbonyl (C=O) groups excluding carboxylic acids is 2. The van der Waals surface area contributed by atoms with E-state index in [-0.39, 0.29) is 11.5 Å². The lowest BCUT2D eigenvalue weighted by Crippen LogP contribution is -2.54. The topological polar surface area (TPSA) is 65.8 Å². The van der Waals surface area contributed by atoms with Gasteiger partial charge in [-0.05, 0) is 62.1 Å². The number of nitrogens with zero attached hydrogens (tertiary/aromatic N) is 2. The van der Waals surface area contributed by atoms with Gasteiger partial charge in [0, 0.05) is 25.5 Å². The molecule has 0 unspecified atom stereocenters. The van der Waals surface area contributed by atoms with Gasteiger partial charge < -0.3 is 15.5 Å². The highest BCUT2D eigenvalue weighted by Crippen LogP contribution is 2.37. The molecule has 29 heavy (non-hydrogen) atoms. The molecule has 0 radical (unpaired) electrons. The lowest BCUT2D eigenvalue weighted by molar-refractivity contribution is -0.122. The maximum absolute atomic E-state index is 14.4. The van der Waals surface area contributed by atoms with Crippen molar-refractivity contribution in [1.29, 1.82) is 0 Å². The van der Waals surface area contributed by atoms with Crippen LogP contribution >= 0.6 is 0 Å². The number of anilines is 2. The van der Waals surface area contributed by atoms with E-state index in [2.05, 4.69) is 15.5 Å². The third kappa shape index (κ3) is 4.06. The summed E-state index contributed by atoms with van der Waals surface area (Å²) in [6.45, 7) is 8.93. The predicted molar refractivity (Wildman–Crippen MR) is 111 cm³/mol. The molecular weight excluding hydrogens is 371 g/mol. The Morgan fingerprint density at radius 2 is 1.83 bits per heavy atom. The number of hydrogen-bond donors (Lipinski definition) is 2. The molecular formula is C22H23FN4O2. The van der Waals surface area contributed by atoms with E-state index in [0.717, 1.165) is 12.0 Å². The molecule has 0 bridgehead atoms. The number of carbonyl (C=O) groups is 2. The van der Waals surface area contributed by atoms with Crippen LogP contribution in [0, 0.1) is 19.3 Å². The van der Waals surface area contributed by atoms with Crippen LogP contribution in [0.1, 0.15) is 35.2 Å². The van der Waals surface area contributed by atoms with Crippen LogP contribution in [0.4, 0.5) is 21.5 Å². The molecule has 0 atom stereocenters. The van der Waals surface area contributed by atoms with Gasteiger partial charge in [-0.1, -0.05) is 6.07 Å². The second-order valence-corrected chi connectivity index (χ2v) is 7.52. The van der Waals surface area contributed by atoms with Crippen LogP contribution < -0.4 is 10.6 Å². The molecule has 0 aliphatic heterocycles. The summed E-state index contributed by atoms with van der Waals surface area (Å²) in [5, 5.41) is 6.06. The molecule has 0 spiro atoms. The van der Waals surface area contributed by atoms with Crippen molar-refractivity contribution in [1.82, 2.24) is 4.90 Å². The Labute approximate surface area is 169 Å². The Morgan fingerprint density at radius 1 is 1.14 bits per heavy atom. The van der Waals surface area contributed by atoms with Crippen LogP contribution in [-0.4, -0.2) is 36.3 Å². The van der Waals surface area contributed by atoms with Gasteiger partial charge in [0.1, 0.15) is 11.4 Å². The second kappa shape index (κ2) is 7.92. The van der Waals surface area contributed by atoms with E-state index in [1.54, 1.807) is 38.4 Å². The Morgan fingerprint density at radius 3 is 2.34 bits per heavy atom. The Balaban J connectivity index is 1.77. The zero-order chi connectivity index (χ0) is 21.2. The maximum atomic E-state index is 14.4. The average molecular weight is 394 g/mol. The van der Waals surface area contributed by atoms with E-state index in [1.807, 2.05) is 6.92 Å². The van der Waals surface area contributed by atoms with E-state index >= 15 is 0 Å². The Bertz CT molecular complexity index is 1010. The molecule has 1 fully saturated rings. The molecule has 6 nitrogen and oxygen atoms in total. The largest absolute Gasteiger partial charge is 0.371 e. The average Bonchev–Trinajstić information content (AvgIpc) is 2.64. The van der Waals surface area contributed by atoms with Crippen molar-refractivity contribution in [3.8, 4) is 0 Å². The molecule has 3 rings (SSSR count). The minimum Gasteiger partial charge on any atom is -0.371 e. The maximum Gasteiger partial charge on any atom is 0.256 e. The monoisotopic (exact) mass is 394 g/mol. The third-order valence-electron chi connectivity index (χ3n) is 5.21. The summed E-state index contributed by atoms with van der Waals surface area (Å²) in [5.74, 6) is -1.25. The molecule has 2 N–H and O–H groups in total. The van der Waals surface area contributed by atoms with Crippen molar-refractivity contribution in [3.05, 3.63) is 64.8 Å². The molecule has 0 saturated heterocycles. The van der Waals surface area contributed by atoms with Crippen LogP contribution in [0.2, 0.25) is 0 Å². The molecule has 2 aromatic rings. The van der Waals surface area contributed by atoms with Gasteiger partial charge in [-0.3, -0.25) is 9.59 Å². The van der Waals surface area contributed by atoms with Crippen molar-refractivity contribution in [2.24, 2.45) is 0 Å². The lowest BCUT2D eigenvalue weighted by atomic mass is 9.75. The van der Waals surface area contributed by atoms with Gasteiger partial charge in [-0.15, -0.1) is 0 Å². The summed E-state index contributed by atoms with van der Waals surface area (Å²) in [5.41, 5.74) is 1.56. The highest BCUT2D eigenvalue weighted by molar-refractivity contribution is 6.01. The summed E-state index contributed by atoms with van der Waals surface area (Å²) >= 11 is 0. The molecule has 1 saturated carbocycles. The van der Waals surface area contributed by atoms with E-state index < -0.39 is 17.3 Å². The molecule has 2 aromatic carbocycles. The van der Waals surface area contributed by atoms with Gasteiger partial charge in [-0.2, -0.15) is 0 Å². The van der Waals surface area contributed by atoms with Crippen LogP contribution in [0.5, 0.6) is 0 Å². The second-order valence-electron chi connectivity index (χ2n) is 7.52. The first-order chi connectivity index (χ1) is 13.8. The zero-order valence-corrected chi connectivity index (χ0v) is 16.7. The zero-order valence-electron chi connectivity index (χ0n) is 16.7. The van der Waals surface area contributed by atoms with Gasteiger partial charge in [0.15, 0.2) is 5.69 Å². The highest BCUT2D eigenvalue weighted by atomic mass is 19.1. The van der Waals surface area contributed by atoms with Gasteiger partial charge in [0.2, 0.25) is 5.91 Å². The molecule has 2 amide bonds. The normalized spacial score (nSPS) is 14.3. The fourth-order valence-corrected chi connectivity index (χ4v) is 3.33. The molecule has 1 aliphatic carbocycles. The molecule has 7 heteroatoms. The van der Waals surface area contributed by atoms with Crippen molar-refractivity contribution in [3.63, 3.8) is 0 Å². The fourth-order valence-electron chi connectivity index (χ4n) is 3.33. The molecule has 150 valence electrons. The van der Waals surface area contributed by atoms with E-state index in [4.69, 9.17) is 6.57 Å². The SMILES string of the molecule is [C-]#[N+]c1ccc(NC(=O)C2(Nc3ccc(C(=O)N(C)C)c(F)c3)CCC2)cc1C. The molecule has 0 aromatic heterocycles. The van der Waals surface area contributed by atoms with Crippen LogP contribution in [0.25, 0.3) is 4.85 Å². The van der Waals surface area contributed by atoms with Gasteiger partial charge in [0.25, 0.3) is 5.91 Å².